The van der Waals surface area contributed by atoms with Crippen molar-refractivity contribution in [2.45, 2.75) is 19.3 Å². The molecule has 0 aromatic heterocycles. The van der Waals surface area contributed by atoms with E-state index in [9.17, 15) is 5.11 Å². The molecule has 1 heterocycles. The molecule has 1 N–H and O–H groups in total. The lowest BCUT2D eigenvalue weighted by Gasteiger charge is -2.20. The Morgan fingerprint density at radius 1 is 1.33 bits per heavy atom. The van der Waals surface area contributed by atoms with Gasteiger partial charge in [0.05, 0.1) is 0 Å². The van der Waals surface area contributed by atoms with Crippen LogP contribution in [0.1, 0.15) is 19.3 Å². The highest BCUT2D eigenvalue weighted by Crippen LogP contribution is 2.42. The molecular weight excluding hydrogens is 150 g/mol. The minimum Gasteiger partial charge on any atom is -0.396 e. The van der Waals surface area contributed by atoms with Gasteiger partial charge in [0, 0.05) is 13.2 Å². The van der Waals surface area contributed by atoms with Crippen LogP contribution in [0.15, 0.2) is 0 Å². The number of nitrogens with zero attached hydrogens (tertiary/aromatic N) is 1. The van der Waals surface area contributed by atoms with Crippen molar-refractivity contribution in [1.29, 1.82) is 0 Å². The van der Waals surface area contributed by atoms with Crippen molar-refractivity contribution >= 4 is 0 Å². The zero-order chi connectivity index (χ0) is 8.55. The van der Waals surface area contributed by atoms with Crippen LogP contribution in [0.2, 0.25) is 0 Å². The normalized spacial score (nSPS) is 34.0. The molecule has 2 atom stereocenters. The van der Waals surface area contributed by atoms with E-state index in [4.69, 9.17) is 0 Å². The Kier molecular flexibility index (Phi) is 2.37. The summed E-state index contributed by atoms with van der Waals surface area (Å²) in [6.07, 6.45) is 4.04. The molecular formula is C10H19NO. The first kappa shape index (κ1) is 8.52. The molecule has 2 nitrogen and oxygen atoms in total. The van der Waals surface area contributed by atoms with Gasteiger partial charge in [-0.3, -0.25) is 0 Å². The molecule has 0 aromatic carbocycles. The maximum absolute atomic E-state index is 9.26. The van der Waals surface area contributed by atoms with Crippen LogP contribution >= 0.6 is 0 Å². The zero-order valence-corrected chi connectivity index (χ0v) is 7.87. The lowest BCUT2D eigenvalue weighted by Crippen LogP contribution is -2.23. The first-order valence-electron chi connectivity index (χ1n) is 5.10. The molecule has 1 saturated carbocycles. The fourth-order valence-electron chi connectivity index (χ4n) is 2.53. The molecule has 0 spiro atoms. The third-order valence-corrected chi connectivity index (χ3v) is 3.47. The van der Waals surface area contributed by atoms with Crippen LogP contribution in [0.25, 0.3) is 0 Å². The number of aliphatic hydroxyl groups excluding tert-OH is 1. The molecule has 1 saturated heterocycles. The Labute approximate surface area is 74.6 Å². The van der Waals surface area contributed by atoms with Crippen molar-refractivity contribution in [3.8, 4) is 0 Å². The standard InChI is InChI=1S/C10H19NO/c1-11-5-4-9(6-11)10(7-12)8-2-3-8/h8-10,12H,2-7H2,1H3. The van der Waals surface area contributed by atoms with Crippen molar-refractivity contribution in [3.05, 3.63) is 0 Å². The maximum Gasteiger partial charge on any atom is 0.0465 e. The van der Waals surface area contributed by atoms with Gasteiger partial charge in [0.25, 0.3) is 0 Å². The Morgan fingerprint density at radius 3 is 2.50 bits per heavy atom. The zero-order valence-electron chi connectivity index (χ0n) is 7.87. The number of hydrogen-bond acceptors (Lipinski definition) is 2. The van der Waals surface area contributed by atoms with Gasteiger partial charge in [-0.05, 0) is 50.6 Å². The van der Waals surface area contributed by atoms with E-state index in [2.05, 4.69) is 11.9 Å². The Balaban J connectivity index is 1.88. The molecule has 2 rings (SSSR count). The number of rotatable bonds is 3. The Hall–Kier alpha value is -0.0800. The van der Waals surface area contributed by atoms with Crippen LogP contribution in [-0.2, 0) is 0 Å². The molecule has 0 amide bonds. The van der Waals surface area contributed by atoms with Crippen molar-refractivity contribution < 1.29 is 5.11 Å². The van der Waals surface area contributed by atoms with Gasteiger partial charge in [-0.2, -0.15) is 0 Å². The van der Waals surface area contributed by atoms with Crippen molar-refractivity contribution in [2.24, 2.45) is 17.8 Å². The summed E-state index contributed by atoms with van der Waals surface area (Å²) >= 11 is 0. The van der Waals surface area contributed by atoms with Crippen LogP contribution in [0.3, 0.4) is 0 Å². The third-order valence-electron chi connectivity index (χ3n) is 3.47. The van der Waals surface area contributed by atoms with Gasteiger partial charge in [-0.15, -0.1) is 0 Å². The first-order chi connectivity index (χ1) is 5.81. The molecule has 2 unspecified atom stereocenters. The van der Waals surface area contributed by atoms with Gasteiger partial charge in [0.15, 0.2) is 0 Å². The SMILES string of the molecule is CN1CCC(C(CO)C2CC2)C1. The molecule has 0 aromatic rings. The van der Waals surface area contributed by atoms with Crippen LogP contribution in [0.4, 0.5) is 0 Å². The van der Waals surface area contributed by atoms with E-state index in [1.165, 1.54) is 32.4 Å². The van der Waals surface area contributed by atoms with E-state index in [0.717, 1.165) is 11.8 Å². The largest absolute Gasteiger partial charge is 0.396 e. The average molecular weight is 169 g/mol. The van der Waals surface area contributed by atoms with Crippen molar-refractivity contribution in [3.63, 3.8) is 0 Å². The van der Waals surface area contributed by atoms with Gasteiger partial charge in [0.2, 0.25) is 0 Å². The predicted molar refractivity (Wildman–Crippen MR) is 48.9 cm³/mol. The van der Waals surface area contributed by atoms with Crippen LogP contribution in [0, 0.1) is 17.8 Å². The topological polar surface area (TPSA) is 23.5 Å². The van der Waals surface area contributed by atoms with E-state index >= 15 is 0 Å². The van der Waals surface area contributed by atoms with Gasteiger partial charge >= 0.3 is 0 Å². The minimum absolute atomic E-state index is 0.420. The third kappa shape index (κ3) is 1.64. The first-order valence-corrected chi connectivity index (χ1v) is 5.10. The summed E-state index contributed by atoms with van der Waals surface area (Å²) in [6, 6.07) is 0. The second-order valence-electron chi connectivity index (χ2n) is 4.49. The molecule has 70 valence electrons. The minimum atomic E-state index is 0.420. The van der Waals surface area contributed by atoms with Gasteiger partial charge in [-0.25, -0.2) is 0 Å². The molecule has 2 fully saturated rings. The quantitative estimate of drug-likeness (QED) is 0.680. The van der Waals surface area contributed by atoms with E-state index in [1.807, 2.05) is 0 Å². The maximum atomic E-state index is 9.26. The highest BCUT2D eigenvalue weighted by atomic mass is 16.3. The van der Waals surface area contributed by atoms with E-state index < -0.39 is 0 Å². The van der Waals surface area contributed by atoms with Gasteiger partial charge in [0.1, 0.15) is 0 Å². The summed E-state index contributed by atoms with van der Waals surface area (Å²) in [4.78, 5) is 2.38. The summed E-state index contributed by atoms with van der Waals surface area (Å²) in [5.74, 6) is 2.27. The predicted octanol–water partition coefficient (Wildman–Crippen LogP) is 0.957. The van der Waals surface area contributed by atoms with Crippen molar-refractivity contribution in [1.82, 2.24) is 4.90 Å². The second kappa shape index (κ2) is 3.35. The number of hydrogen-bond donors (Lipinski definition) is 1. The summed E-state index contributed by atoms with van der Waals surface area (Å²) in [6.45, 7) is 2.86. The lowest BCUT2D eigenvalue weighted by molar-refractivity contribution is 0.158. The fraction of sp³-hybridized carbons (Fsp3) is 1.00. The number of likely N-dealkylation sites (tertiary alicyclic amines) is 1. The summed E-state index contributed by atoms with van der Waals surface area (Å²) in [7, 11) is 2.18. The fourth-order valence-corrected chi connectivity index (χ4v) is 2.53. The second-order valence-corrected chi connectivity index (χ2v) is 4.49. The lowest BCUT2D eigenvalue weighted by atomic mass is 9.88. The molecule has 2 aliphatic rings. The highest BCUT2D eigenvalue weighted by molar-refractivity contribution is 4.88. The molecule has 2 heteroatoms. The van der Waals surface area contributed by atoms with E-state index in [1.54, 1.807) is 0 Å². The Morgan fingerprint density at radius 2 is 2.08 bits per heavy atom. The molecule has 1 aliphatic carbocycles. The summed E-state index contributed by atoms with van der Waals surface area (Å²) in [5, 5.41) is 9.26. The highest BCUT2D eigenvalue weighted by Gasteiger charge is 2.37. The average Bonchev–Trinajstić information content (AvgIpc) is 2.78. The molecule has 12 heavy (non-hydrogen) atoms. The van der Waals surface area contributed by atoms with Gasteiger partial charge < -0.3 is 10.0 Å². The molecule has 1 aliphatic heterocycles. The summed E-state index contributed by atoms with van der Waals surface area (Å²) in [5.41, 5.74) is 0. The van der Waals surface area contributed by atoms with Crippen molar-refractivity contribution in [2.75, 3.05) is 26.7 Å². The summed E-state index contributed by atoms with van der Waals surface area (Å²) < 4.78 is 0. The number of aliphatic hydroxyl groups is 1. The molecule has 0 bridgehead atoms. The van der Waals surface area contributed by atoms with Crippen LogP contribution in [0.5, 0.6) is 0 Å². The van der Waals surface area contributed by atoms with E-state index in [-0.39, 0.29) is 0 Å². The Bertz CT molecular complexity index is 156. The smallest absolute Gasteiger partial charge is 0.0465 e. The van der Waals surface area contributed by atoms with Crippen LogP contribution in [-0.4, -0.2) is 36.8 Å². The van der Waals surface area contributed by atoms with E-state index in [0.29, 0.717) is 12.5 Å². The van der Waals surface area contributed by atoms with Crippen LogP contribution < -0.4 is 0 Å². The molecule has 0 radical (unpaired) electrons. The van der Waals surface area contributed by atoms with Gasteiger partial charge in [-0.1, -0.05) is 0 Å². The monoisotopic (exact) mass is 169 g/mol.